The Morgan fingerprint density at radius 3 is 2.85 bits per heavy atom. The van der Waals surface area contributed by atoms with Crippen molar-refractivity contribution in [2.45, 2.75) is 38.6 Å². The summed E-state index contributed by atoms with van der Waals surface area (Å²) in [5.74, 6) is 0.884. The monoisotopic (exact) mass is 447 g/mol. The van der Waals surface area contributed by atoms with E-state index in [-0.39, 0.29) is 23.0 Å². The van der Waals surface area contributed by atoms with Crippen LogP contribution in [-0.2, 0) is 24.8 Å². The van der Waals surface area contributed by atoms with E-state index in [1.54, 1.807) is 0 Å². The first-order chi connectivity index (χ1) is 16.0. The number of hydrogen-bond acceptors (Lipinski definition) is 6. The molecule has 1 saturated heterocycles. The number of benzene rings is 1. The number of hydrogen-bond donors (Lipinski definition) is 1. The van der Waals surface area contributed by atoms with Gasteiger partial charge in [-0.25, -0.2) is 0 Å². The molecule has 1 amide bonds. The molecule has 2 aliphatic rings. The van der Waals surface area contributed by atoms with Gasteiger partial charge in [0.15, 0.2) is 0 Å². The summed E-state index contributed by atoms with van der Waals surface area (Å²) in [5, 5.41) is 12.9. The van der Waals surface area contributed by atoms with Crippen LogP contribution in [0.5, 0.6) is 0 Å². The summed E-state index contributed by atoms with van der Waals surface area (Å²) in [5.41, 5.74) is 5.08. The number of aromatic amines is 1. The Morgan fingerprint density at radius 1 is 1.21 bits per heavy atom. The third kappa shape index (κ3) is 3.16. The molecular formula is C23H25N7O3. The summed E-state index contributed by atoms with van der Waals surface area (Å²) >= 11 is 0. The highest BCUT2D eigenvalue weighted by Gasteiger charge is 2.27. The highest BCUT2D eigenvalue weighted by atomic mass is 16.5. The SMILES string of the molecule is Cc1cc2[nH]c(=O)c3nnc(C4CCOCC4)n3c2cc1C(=O)N1CCc2cnn(C)c2C1. The summed E-state index contributed by atoms with van der Waals surface area (Å²) < 4.78 is 9.17. The summed E-state index contributed by atoms with van der Waals surface area (Å²) in [7, 11) is 1.91. The van der Waals surface area contributed by atoms with Crippen LogP contribution in [0.4, 0.5) is 0 Å². The minimum absolute atomic E-state index is 0.0266. The Balaban J connectivity index is 1.47. The lowest BCUT2D eigenvalue weighted by Gasteiger charge is -2.28. The molecule has 5 heterocycles. The molecule has 4 aromatic rings. The van der Waals surface area contributed by atoms with E-state index in [0.29, 0.717) is 37.4 Å². The summed E-state index contributed by atoms with van der Waals surface area (Å²) in [4.78, 5) is 31.1. The molecule has 0 spiro atoms. The molecule has 0 bridgehead atoms. The predicted molar refractivity (Wildman–Crippen MR) is 120 cm³/mol. The minimum Gasteiger partial charge on any atom is -0.381 e. The van der Waals surface area contributed by atoms with Gasteiger partial charge in [0.05, 0.1) is 29.5 Å². The first kappa shape index (κ1) is 20.1. The van der Waals surface area contributed by atoms with Crippen LogP contribution in [0.3, 0.4) is 0 Å². The van der Waals surface area contributed by atoms with E-state index in [1.165, 1.54) is 5.56 Å². The van der Waals surface area contributed by atoms with E-state index in [2.05, 4.69) is 20.3 Å². The molecule has 0 aliphatic carbocycles. The van der Waals surface area contributed by atoms with Gasteiger partial charge in [-0.3, -0.25) is 18.7 Å². The normalized spacial score (nSPS) is 17.1. The predicted octanol–water partition coefficient (Wildman–Crippen LogP) is 1.71. The number of nitrogens with zero attached hydrogens (tertiary/aromatic N) is 6. The Morgan fingerprint density at radius 2 is 2.03 bits per heavy atom. The molecule has 0 unspecified atom stereocenters. The van der Waals surface area contributed by atoms with Crippen LogP contribution in [0, 0.1) is 6.92 Å². The van der Waals surface area contributed by atoms with Crippen molar-refractivity contribution in [2.75, 3.05) is 19.8 Å². The zero-order chi connectivity index (χ0) is 22.7. The average molecular weight is 447 g/mol. The van der Waals surface area contributed by atoms with Gasteiger partial charge >= 0.3 is 0 Å². The van der Waals surface area contributed by atoms with E-state index >= 15 is 0 Å². The van der Waals surface area contributed by atoms with E-state index in [1.807, 2.05) is 46.3 Å². The van der Waals surface area contributed by atoms with E-state index in [0.717, 1.165) is 41.9 Å². The average Bonchev–Trinajstić information content (AvgIpc) is 3.43. The fraction of sp³-hybridized carbons (Fsp3) is 0.435. The number of carbonyl (C=O) groups is 1. The molecular weight excluding hydrogens is 422 g/mol. The standard InChI is InChI=1S/C23H25N7O3/c1-13-9-17-18(10-16(13)23(32)29-6-3-15-11-24-28(2)19(15)12-29)30-20(14-4-7-33-8-5-14)26-27-21(30)22(31)25-17/h9-11,14H,3-8,12H2,1-2H3,(H,25,31). The van der Waals surface area contributed by atoms with Crippen LogP contribution < -0.4 is 5.56 Å². The van der Waals surface area contributed by atoms with Crippen molar-refractivity contribution in [3.8, 4) is 0 Å². The molecule has 2 aliphatic heterocycles. The molecule has 10 nitrogen and oxygen atoms in total. The van der Waals surface area contributed by atoms with Gasteiger partial charge in [-0.2, -0.15) is 5.10 Å². The Labute approximate surface area is 189 Å². The second kappa shape index (κ2) is 7.51. The molecule has 1 fully saturated rings. The van der Waals surface area contributed by atoms with Gasteiger partial charge in [-0.1, -0.05) is 0 Å². The second-order valence-corrected chi connectivity index (χ2v) is 8.96. The van der Waals surface area contributed by atoms with Gasteiger partial charge in [-0.15, -0.1) is 10.2 Å². The fourth-order valence-corrected chi connectivity index (χ4v) is 5.07. The van der Waals surface area contributed by atoms with Gasteiger partial charge in [-0.05, 0) is 49.4 Å². The van der Waals surface area contributed by atoms with Crippen molar-refractivity contribution < 1.29 is 9.53 Å². The molecule has 33 heavy (non-hydrogen) atoms. The van der Waals surface area contributed by atoms with Crippen LogP contribution in [0.2, 0.25) is 0 Å². The molecule has 10 heteroatoms. The molecule has 0 radical (unpaired) electrons. The van der Waals surface area contributed by atoms with Crippen molar-refractivity contribution in [3.63, 3.8) is 0 Å². The number of ether oxygens (including phenoxy) is 1. The van der Waals surface area contributed by atoms with Crippen LogP contribution in [0.1, 0.15) is 51.8 Å². The van der Waals surface area contributed by atoms with E-state index in [9.17, 15) is 9.59 Å². The van der Waals surface area contributed by atoms with Crippen LogP contribution in [0.15, 0.2) is 23.1 Å². The quantitative estimate of drug-likeness (QED) is 0.501. The highest BCUT2D eigenvalue weighted by Crippen LogP contribution is 2.29. The Kier molecular flexibility index (Phi) is 4.58. The number of fused-ring (bicyclic) bond motifs is 4. The smallest absolute Gasteiger partial charge is 0.294 e. The lowest BCUT2D eigenvalue weighted by molar-refractivity contribution is 0.0729. The first-order valence-corrected chi connectivity index (χ1v) is 11.3. The molecule has 1 N–H and O–H groups in total. The van der Waals surface area contributed by atoms with Crippen molar-refractivity contribution in [2.24, 2.45) is 7.05 Å². The van der Waals surface area contributed by atoms with Crippen molar-refractivity contribution in [3.05, 3.63) is 56.9 Å². The number of aromatic nitrogens is 6. The topological polar surface area (TPSA) is 110 Å². The summed E-state index contributed by atoms with van der Waals surface area (Å²) in [6.45, 7) is 4.41. The summed E-state index contributed by atoms with van der Waals surface area (Å²) in [6.07, 6.45) is 4.33. The fourth-order valence-electron chi connectivity index (χ4n) is 5.07. The Hall–Kier alpha value is -3.53. The van der Waals surface area contributed by atoms with Crippen LogP contribution in [0.25, 0.3) is 16.7 Å². The van der Waals surface area contributed by atoms with Crippen molar-refractivity contribution >= 4 is 22.6 Å². The zero-order valence-corrected chi connectivity index (χ0v) is 18.7. The third-order valence-electron chi connectivity index (χ3n) is 6.97. The van der Waals surface area contributed by atoms with Gasteiger partial charge in [0.2, 0.25) is 5.65 Å². The maximum Gasteiger partial charge on any atom is 0.294 e. The molecule has 6 rings (SSSR count). The number of carbonyl (C=O) groups excluding carboxylic acids is 1. The zero-order valence-electron chi connectivity index (χ0n) is 18.7. The molecule has 0 saturated carbocycles. The van der Waals surface area contributed by atoms with Gasteiger partial charge in [0, 0.05) is 38.3 Å². The molecule has 170 valence electrons. The minimum atomic E-state index is -0.286. The number of aryl methyl sites for hydroxylation is 2. The lowest BCUT2D eigenvalue weighted by Crippen LogP contribution is -2.36. The maximum absolute atomic E-state index is 13.6. The summed E-state index contributed by atoms with van der Waals surface area (Å²) in [6, 6.07) is 3.75. The largest absolute Gasteiger partial charge is 0.381 e. The molecule has 0 atom stereocenters. The molecule has 1 aromatic carbocycles. The first-order valence-electron chi connectivity index (χ1n) is 11.3. The van der Waals surface area contributed by atoms with Gasteiger partial charge in [0.1, 0.15) is 5.82 Å². The van der Waals surface area contributed by atoms with Crippen LogP contribution in [-0.4, -0.2) is 59.9 Å². The number of rotatable bonds is 2. The van der Waals surface area contributed by atoms with E-state index in [4.69, 9.17) is 4.74 Å². The van der Waals surface area contributed by atoms with Crippen molar-refractivity contribution in [1.29, 1.82) is 0 Å². The number of nitrogens with one attached hydrogen (secondary N) is 1. The maximum atomic E-state index is 13.6. The molecule has 3 aromatic heterocycles. The number of amides is 1. The van der Waals surface area contributed by atoms with Gasteiger partial charge in [0.25, 0.3) is 11.5 Å². The van der Waals surface area contributed by atoms with E-state index < -0.39 is 0 Å². The van der Waals surface area contributed by atoms with Crippen LogP contribution >= 0.6 is 0 Å². The highest BCUT2D eigenvalue weighted by molar-refractivity contribution is 5.99. The van der Waals surface area contributed by atoms with Gasteiger partial charge < -0.3 is 14.6 Å². The second-order valence-electron chi connectivity index (χ2n) is 8.96. The lowest BCUT2D eigenvalue weighted by atomic mass is 9.99. The third-order valence-corrected chi connectivity index (χ3v) is 6.97. The number of H-pyrrole nitrogens is 1. The Bertz CT molecular complexity index is 1460. The van der Waals surface area contributed by atoms with Crippen molar-refractivity contribution in [1.82, 2.24) is 34.3 Å².